The number of benzene rings is 3. The van der Waals surface area contributed by atoms with E-state index in [0.717, 1.165) is 16.7 Å². The summed E-state index contributed by atoms with van der Waals surface area (Å²) in [6.45, 7) is 4.20. The largest absolute Gasteiger partial charge is 0.462 e. The first kappa shape index (κ1) is 23.5. The van der Waals surface area contributed by atoms with Gasteiger partial charge in [0.1, 0.15) is 6.34 Å². The van der Waals surface area contributed by atoms with Gasteiger partial charge in [-0.05, 0) is 74.2 Å². The Kier molecular flexibility index (Phi) is 8.03. The molecular weight excluding hydrogens is 443 g/mol. The van der Waals surface area contributed by atoms with E-state index in [1.165, 1.54) is 0 Å². The Hall–Kier alpha value is -3.15. The first-order valence-electron chi connectivity index (χ1n) is 10.2. The number of hydrogen-bond acceptors (Lipinski definition) is 5. The number of carbonyl (C=O) groups excluding carboxylic acids is 2. The summed E-state index contributed by atoms with van der Waals surface area (Å²) in [6.07, 6.45) is -2.52. The predicted molar refractivity (Wildman–Crippen MR) is 132 cm³/mol. The summed E-state index contributed by atoms with van der Waals surface area (Å²) < 4.78 is 10.1. The van der Waals surface area contributed by atoms with Gasteiger partial charge in [-0.2, -0.15) is 0 Å². The molecule has 8 heteroatoms. The molecule has 3 rings (SSSR count). The van der Waals surface area contributed by atoms with Crippen molar-refractivity contribution in [1.29, 1.82) is 0 Å². The Morgan fingerprint density at radius 3 is 1.50 bits per heavy atom. The maximum Gasteiger partial charge on any atom is 0.338 e. The van der Waals surface area contributed by atoms with Crippen LogP contribution in [0.1, 0.15) is 34.6 Å². The topological polar surface area (TPSA) is 76.7 Å². The second kappa shape index (κ2) is 10.9. The van der Waals surface area contributed by atoms with Gasteiger partial charge in [0.05, 0.1) is 24.3 Å². The molecule has 0 aromatic heterocycles. The number of carbonyl (C=O) groups is 2. The van der Waals surface area contributed by atoms with Gasteiger partial charge in [-0.15, -0.1) is 0 Å². The molecular formula is C24H25N2O4PS. The smallest absolute Gasteiger partial charge is 0.338 e. The van der Waals surface area contributed by atoms with Crippen molar-refractivity contribution in [1.82, 2.24) is 0 Å². The van der Waals surface area contributed by atoms with Gasteiger partial charge in [0.15, 0.2) is 0 Å². The number of ether oxygens (including phenoxy) is 2. The Morgan fingerprint density at radius 2 is 1.12 bits per heavy atom. The lowest BCUT2D eigenvalue weighted by Gasteiger charge is -2.27. The molecule has 0 aliphatic carbocycles. The summed E-state index contributed by atoms with van der Waals surface area (Å²) >= 11 is 6.09. The second-order valence-corrected chi connectivity index (χ2v) is 10.6. The zero-order chi connectivity index (χ0) is 23.0. The normalized spacial score (nSPS) is 10.8. The third-order valence-electron chi connectivity index (χ3n) is 4.48. The molecule has 0 unspecified atom stereocenters. The van der Waals surface area contributed by atoms with Crippen molar-refractivity contribution in [3.05, 3.63) is 90.0 Å². The first-order valence-corrected chi connectivity index (χ1v) is 13.0. The average molecular weight is 469 g/mol. The van der Waals surface area contributed by atoms with Gasteiger partial charge in [0.25, 0.3) is 0 Å². The molecule has 0 aliphatic rings. The molecule has 0 amide bonds. The SMILES string of the molecule is CCOC(=O)c1ccc(NP(=S)(Nc2ccc(C(=O)OCC)cc2)c2ccccc2)cc1. The maximum absolute atomic E-state index is 11.9. The van der Waals surface area contributed by atoms with E-state index in [2.05, 4.69) is 10.2 Å². The monoisotopic (exact) mass is 468 g/mol. The minimum absolute atomic E-state index is 0.326. The maximum atomic E-state index is 11.9. The van der Waals surface area contributed by atoms with Crippen molar-refractivity contribution in [2.24, 2.45) is 0 Å². The highest BCUT2D eigenvalue weighted by Crippen LogP contribution is 2.45. The molecule has 6 nitrogen and oxygen atoms in total. The molecule has 0 atom stereocenters. The van der Waals surface area contributed by atoms with E-state index in [9.17, 15) is 9.59 Å². The van der Waals surface area contributed by atoms with Gasteiger partial charge in [0, 0.05) is 16.7 Å². The number of esters is 2. The van der Waals surface area contributed by atoms with Gasteiger partial charge in [-0.1, -0.05) is 30.3 Å². The molecule has 0 saturated carbocycles. The van der Waals surface area contributed by atoms with Crippen LogP contribution in [0.4, 0.5) is 11.4 Å². The average Bonchev–Trinajstić information content (AvgIpc) is 2.81. The molecule has 0 bridgehead atoms. The van der Waals surface area contributed by atoms with E-state index in [1.54, 1.807) is 38.1 Å². The van der Waals surface area contributed by atoms with Crippen molar-refractivity contribution in [2.45, 2.75) is 13.8 Å². The summed E-state index contributed by atoms with van der Waals surface area (Å²) in [5.74, 6) is -0.720. The highest BCUT2D eigenvalue weighted by Gasteiger charge is 2.20. The molecule has 2 N–H and O–H groups in total. The molecule has 0 fully saturated rings. The van der Waals surface area contributed by atoms with Crippen LogP contribution in [0.25, 0.3) is 0 Å². The Balaban J connectivity index is 1.85. The van der Waals surface area contributed by atoms with Crippen molar-refractivity contribution >= 4 is 46.8 Å². The molecule has 0 aliphatic heterocycles. The summed E-state index contributed by atoms with van der Waals surface area (Å²) in [5.41, 5.74) is 2.52. The van der Waals surface area contributed by atoms with Crippen molar-refractivity contribution in [3.63, 3.8) is 0 Å². The minimum Gasteiger partial charge on any atom is -0.462 e. The Labute approximate surface area is 193 Å². The number of rotatable bonds is 9. The summed E-state index contributed by atoms with van der Waals surface area (Å²) in [7, 11) is 0. The molecule has 3 aromatic rings. The van der Waals surface area contributed by atoms with E-state index in [-0.39, 0.29) is 11.9 Å². The van der Waals surface area contributed by atoms with E-state index in [4.69, 9.17) is 21.3 Å². The van der Waals surface area contributed by atoms with Crippen molar-refractivity contribution in [3.8, 4) is 0 Å². The van der Waals surface area contributed by atoms with E-state index in [1.807, 2.05) is 54.6 Å². The van der Waals surface area contributed by atoms with E-state index < -0.39 is 6.34 Å². The van der Waals surface area contributed by atoms with Gasteiger partial charge < -0.3 is 19.6 Å². The van der Waals surface area contributed by atoms with E-state index >= 15 is 0 Å². The molecule has 0 radical (unpaired) electrons. The van der Waals surface area contributed by atoms with Crippen LogP contribution in [0, 0.1) is 0 Å². The summed E-state index contributed by atoms with van der Waals surface area (Å²) in [4.78, 5) is 23.8. The Bertz CT molecular complexity index is 1040. The third-order valence-corrected chi connectivity index (χ3v) is 7.84. The fourth-order valence-corrected chi connectivity index (χ4v) is 5.88. The summed E-state index contributed by atoms with van der Waals surface area (Å²) in [5, 5.41) is 7.84. The minimum atomic E-state index is -2.52. The summed E-state index contributed by atoms with van der Waals surface area (Å²) in [6, 6.07) is 23.8. The van der Waals surface area contributed by atoms with E-state index in [0.29, 0.717) is 24.3 Å². The Morgan fingerprint density at radius 1 is 0.719 bits per heavy atom. The lowest BCUT2D eigenvalue weighted by atomic mass is 10.2. The fraction of sp³-hybridized carbons (Fsp3) is 0.167. The molecule has 0 saturated heterocycles. The third kappa shape index (κ3) is 5.96. The highest BCUT2D eigenvalue weighted by atomic mass is 32.4. The van der Waals surface area contributed by atoms with Gasteiger partial charge >= 0.3 is 11.9 Å². The highest BCUT2D eigenvalue weighted by molar-refractivity contribution is 8.19. The molecule has 166 valence electrons. The van der Waals surface area contributed by atoms with Gasteiger partial charge in [-0.25, -0.2) is 9.59 Å². The number of anilines is 2. The van der Waals surface area contributed by atoms with Gasteiger partial charge in [0.2, 0.25) is 0 Å². The van der Waals surface area contributed by atoms with Crippen LogP contribution in [0.5, 0.6) is 0 Å². The zero-order valence-corrected chi connectivity index (χ0v) is 19.6. The van der Waals surface area contributed by atoms with Crippen LogP contribution < -0.4 is 15.5 Å². The standard InChI is InChI=1S/C24H25N2O4PS/c1-3-29-23(27)18-10-14-20(15-11-18)25-31(32,22-8-6-5-7-9-22)26-21-16-12-19(13-17-21)24(28)30-4-2/h5-17H,3-4H2,1-2H3,(H2,25,26,32). The lowest BCUT2D eigenvalue weighted by Crippen LogP contribution is -2.18. The van der Waals surface area contributed by atoms with Crippen LogP contribution in [-0.2, 0) is 21.3 Å². The fourth-order valence-electron chi connectivity index (χ4n) is 2.95. The second-order valence-electron chi connectivity index (χ2n) is 6.76. The van der Waals surface area contributed by atoms with Crippen LogP contribution in [-0.4, -0.2) is 25.2 Å². The van der Waals surface area contributed by atoms with Crippen molar-refractivity contribution in [2.75, 3.05) is 23.4 Å². The van der Waals surface area contributed by atoms with Crippen LogP contribution >= 0.6 is 6.34 Å². The quantitative estimate of drug-likeness (QED) is 0.330. The zero-order valence-electron chi connectivity index (χ0n) is 17.9. The van der Waals surface area contributed by atoms with Crippen LogP contribution in [0.3, 0.4) is 0 Å². The molecule has 32 heavy (non-hydrogen) atoms. The number of hydrogen-bond donors (Lipinski definition) is 2. The molecule has 0 spiro atoms. The molecule has 3 aromatic carbocycles. The lowest BCUT2D eigenvalue weighted by molar-refractivity contribution is 0.0517. The number of nitrogens with one attached hydrogen (secondary N) is 2. The van der Waals surface area contributed by atoms with Crippen LogP contribution in [0.15, 0.2) is 78.9 Å². The first-order chi connectivity index (χ1) is 15.4. The van der Waals surface area contributed by atoms with Gasteiger partial charge in [-0.3, -0.25) is 0 Å². The predicted octanol–water partition coefficient (Wildman–Crippen LogP) is 5.20. The molecule has 0 heterocycles. The van der Waals surface area contributed by atoms with Crippen molar-refractivity contribution < 1.29 is 19.1 Å². The van der Waals surface area contributed by atoms with Crippen LogP contribution in [0.2, 0.25) is 0 Å².